The van der Waals surface area contributed by atoms with Crippen molar-refractivity contribution in [3.05, 3.63) is 98.2 Å². The van der Waals surface area contributed by atoms with Gasteiger partial charge in [0.15, 0.2) is 22.9 Å². The number of benzene rings is 1. The van der Waals surface area contributed by atoms with Crippen molar-refractivity contribution in [3.63, 3.8) is 0 Å². The molecule has 0 bridgehead atoms. The van der Waals surface area contributed by atoms with Gasteiger partial charge in [0.2, 0.25) is 0 Å². The Morgan fingerprint density at radius 2 is 1.04 bits per heavy atom. The second kappa shape index (κ2) is 13.5. The van der Waals surface area contributed by atoms with Crippen molar-refractivity contribution < 1.29 is 28.6 Å². The van der Waals surface area contributed by atoms with Crippen LogP contribution in [0.4, 0.5) is 0 Å². The molecule has 0 N–H and O–H groups in total. The molecule has 1 aromatic carbocycles. The molecule has 0 amide bonds. The number of ether oxygens (including phenoxy) is 3. The van der Waals surface area contributed by atoms with E-state index in [0.717, 1.165) is 11.4 Å². The molecule has 12 heteroatoms. The van der Waals surface area contributed by atoms with Gasteiger partial charge in [-0.2, -0.15) is 0 Å². The summed E-state index contributed by atoms with van der Waals surface area (Å²) < 4.78 is 16.7. The van der Waals surface area contributed by atoms with E-state index in [1.165, 1.54) is 24.3 Å². The number of hydrogen-bond acceptors (Lipinski definition) is 12. The summed E-state index contributed by atoms with van der Waals surface area (Å²) in [6.07, 6.45) is 2.70. The van der Waals surface area contributed by atoms with Gasteiger partial charge in [-0.25, -0.2) is 24.4 Å². The van der Waals surface area contributed by atoms with Crippen LogP contribution in [-0.2, 0) is 16.1 Å². The van der Waals surface area contributed by atoms with Crippen LogP contribution in [0, 0.1) is 62.3 Å². The number of aromatic nitrogens is 6. The fourth-order valence-electron chi connectivity index (χ4n) is 4.16. The van der Waals surface area contributed by atoms with Gasteiger partial charge in [-0.05, 0) is 86.1 Å². The van der Waals surface area contributed by atoms with Crippen LogP contribution < -0.4 is 9.47 Å². The first-order chi connectivity index (χ1) is 21.2. The molecule has 4 aromatic rings. The summed E-state index contributed by atoms with van der Waals surface area (Å²) in [5.41, 5.74) is 6.60. The van der Waals surface area contributed by atoms with Gasteiger partial charge in [-0.1, -0.05) is 6.07 Å². The number of carbonyl (C=O) groups excluding carboxylic acids is 3. The average Bonchev–Trinajstić information content (AvgIpc) is 2.97. The van der Waals surface area contributed by atoms with Crippen LogP contribution in [0.3, 0.4) is 0 Å². The first-order valence-corrected chi connectivity index (χ1v) is 14.1. The van der Waals surface area contributed by atoms with E-state index in [1.54, 1.807) is 54.5 Å². The first kappa shape index (κ1) is 32.5. The molecular weight excluding hydrogens is 576 g/mol. The normalized spacial score (nSPS) is 11.0. The summed E-state index contributed by atoms with van der Waals surface area (Å²) in [7, 11) is 0. The van der Waals surface area contributed by atoms with Gasteiger partial charge in [-0.15, -0.1) is 0 Å². The van der Waals surface area contributed by atoms with Gasteiger partial charge >= 0.3 is 17.9 Å². The predicted molar refractivity (Wildman–Crippen MR) is 164 cm³/mol. The zero-order valence-corrected chi connectivity index (χ0v) is 26.7. The van der Waals surface area contributed by atoms with E-state index < -0.39 is 17.9 Å². The van der Waals surface area contributed by atoms with Crippen molar-refractivity contribution in [3.8, 4) is 11.5 Å². The molecule has 3 aromatic heterocycles. The second-order valence-electron chi connectivity index (χ2n) is 10.5. The van der Waals surface area contributed by atoms with Gasteiger partial charge in [0.1, 0.15) is 6.61 Å². The Labute approximate surface area is 261 Å². The van der Waals surface area contributed by atoms with E-state index in [-0.39, 0.29) is 29.5 Å². The minimum Gasteiger partial charge on any atom is -0.456 e. The van der Waals surface area contributed by atoms with Crippen molar-refractivity contribution in [1.82, 2.24) is 29.9 Å². The molecule has 232 valence electrons. The zero-order valence-electron chi connectivity index (χ0n) is 26.7. The molecule has 0 aliphatic carbocycles. The summed E-state index contributed by atoms with van der Waals surface area (Å²) in [6, 6.07) is 4.48. The number of aryl methyl sites for hydroxylation is 9. The highest BCUT2D eigenvalue weighted by Gasteiger charge is 2.22. The Morgan fingerprint density at radius 1 is 0.578 bits per heavy atom. The highest BCUT2D eigenvalue weighted by atomic mass is 16.6. The van der Waals surface area contributed by atoms with Gasteiger partial charge < -0.3 is 14.2 Å². The standard InChI is InChI=1S/C33H34N6O6/c1-16-19(4)37-26(22(7)34-16)15-43-29(40)13-11-25-10-12-27(44-32(41)30-23(8)35-17(2)20(5)38-30)28(14-25)45-33(42)31-24(9)36-18(3)21(6)39-31/h10-14H,15H2,1-9H3/b13-11+. The number of hydrogen-bond donors (Lipinski definition) is 0. The molecule has 0 unspecified atom stereocenters. The topological polar surface area (TPSA) is 156 Å². The van der Waals surface area contributed by atoms with Crippen LogP contribution in [0.15, 0.2) is 24.3 Å². The maximum Gasteiger partial charge on any atom is 0.364 e. The molecule has 0 saturated carbocycles. The molecule has 3 heterocycles. The summed E-state index contributed by atoms with van der Waals surface area (Å²) in [4.78, 5) is 65.1. The second-order valence-corrected chi connectivity index (χ2v) is 10.5. The fraction of sp³-hybridized carbons (Fsp3) is 0.303. The van der Waals surface area contributed by atoms with Crippen molar-refractivity contribution >= 4 is 24.0 Å². The fourth-order valence-corrected chi connectivity index (χ4v) is 4.16. The van der Waals surface area contributed by atoms with Gasteiger partial charge in [-0.3, -0.25) is 19.9 Å². The monoisotopic (exact) mass is 610 g/mol. The van der Waals surface area contributed by atoms with Crippen molar-refractivity contribution in [2.75, 3.05) is 0 Å². The predicted octanol–water partition coefficient (Wildman–Crippen LogP) is 5.03. The molecule has 4 rings (SSSR count). The summed E-state index contributed by atoms with van der Waals surface area (Å²) in [5.74, 6) is -2.33. The quantitative estimate of drug-likeness (QED) is 0.149. The van der Waals surface area contributed by atoms with E-state index in [2.05, 4.69) is 29.9 Å². The van der Waals surface area contributed by atoms with Crippen LogP contribution in [-0.4, -0.2) is 47.8 Å². The molecule has 0 spiro atoms. The maximum absolute atomic E-state index is 13.2. The molecule has 12 nitrogen and oxygen atoms in total. The van der Waals surface area contributed by atoms with E-state index in [1.807, 2.05) is 13.8 Å². The average molecular weight is 611 g/mol. The molecule has 0 fully saturated rings. The summed E-state index contributed by atoms with van der Waals surface area (Å²) in [6.45, 7) is 15.8. The number of esters is 3. The maximum atomic E-state index is 13.2. The smallest absolute Gasteiger partial charge is 0.364 e. The zero-order chi connectivity index (χ0) is 33.0. The number of carbonyl (C=O) groups is 3. The minimum atomic E-state index is -0.798. The lowest BCUT2D eigenvalue weighted by molar-refractivity contribution is -0.139. The van der Waals surface area contributed by atoms with Gasteiger partial charge in [0.05, 0.1) is 56.9 Å². The largest absolute Gasteiger partial charge is 0.456 e. The Bertz CT molecular complexity index is 1870. The Hall–Kier alpha value is -5.39. The molecule has 0 aliphatic heterocycles. The number of rotatable bonds is 8. The van der Waals surface area contributed by atoms with E-state index >= 15 is 0 Å². The van der Waals surface area contributed by atoms with E-state index in [9.17, 15) is 14.4 Å². The molecule has 0 aliphatic rings. The third-order valence-electron chi connectivity index (χ3n) is 7.06. The third-order valence-corrected chi connectivity index (χ3v) is 7.06. The molecule has 0 atom stereocenters. The highest BCUT2D eigenvalue weighted by molar-refractivity contribution is 5.93. The molecule has 0 radical (unpaired) electrons. The Kier molecular flexibility index (Phi) is 9.75. The lowest BCUT2D eigenvalue weighted by Crippen LogP contribution is -2.18. The van der Waals surface area contributed by atoms with Crippen LogP contribution in [0.25, 0.3) is 6.08 Å². The van der Waals surface area contributed by atoms with Crippen LogP contribution >= 0.6 is 0 Å². The van der Waals surface area contributed by atoms with Crippen molar-refractivity contribution in [2.24, 2.45) is 0 Å². The number of nitrogens with zero attached hydrogens (tertiary/aromatic N) is 6. The molecule has 45 heavy (non-hydrogen) atoms. The minimum absolute atomic E-state index is 0.0144. The summed E-state index contributed by atoms with van der Waals surface area (Å²) in [5, 5.41) is 0. The van der Waals surface area contributed by atoms with Crippen LogP contribution in [0.5, 0.6) is 11.5 Å². The van der Waals surface area contributed by atoms with Crippen LogP contribution in [0.2, 0.25) is 0 Å². The molecular formula is C33H34N6O6. The molecule has 0 saturated heterocycles. The lowest BCUT2D eigenvalue weighted by atomic mass is 10.2. The van der Waals surface area contributed by atoms with Crippen molar-refractivity contribution in [1.29, 1.82) is 0 Å². The first-order valence-electron chi connectivity index (χ1n) is 14.1. The van der Waals surface area contributed by atoms with Crippen LogP contribution in [0.1, 0.15) is 83.5 Å². The Morgan fingerprint density at radius 3 is 1.60 bits per heavy atom. The lowest BCUT2D eigenvalue weighted by Gasteiger charge is -2.13. The Balaban J connectivity index is 1.60. The third kappa shape index (κ3) is 7.77. The SMILES string of the molecule is Cc1nc(C)c(COC(=O)/C=C/c2ccc(OC(=O)c3nc(C)c(C)nc3C)c(OC(=O)c3nc(C)c(C)nc3C)c2)nc1C. The van der Waals surface area contributed by atoms with E-state index in [0.29, 0.717) is 51.1 Å². The van der Waals surface area contributed by atoms with E-state index in [4.69, 9.17) is 14.2 Å². The van der Waals surface area contributed by atoms with Gasteiger partial charge in [0, 0.05) is 6.08 Å². The van der Waals surface area contributed by atoms with Crippen molar-refractivity contribution in [2.45, 2.75) is 68.9 Å². The highest BCUT2D eigenvalue weighted by Crippen LogP contribution is 2.31. The summed E-state index contributed by atoms with van der Waals surface area (Å²) >= 11 is 0. The van der Waals surface area contributed by atoms with Gasteiger partial charge in [0.25, 0.3) is 0 Å².